The van der Waals surface area contributed by atoms with Crippen LogP contribution in [0.2, 0.25) is 0 Å². The molecule has 13 aromatic carbocycles. The third kappa shape index (κ3) is 8.45. The van der Waals surface area contributed by atoms with E-state index in [0.29, 0.717) is 0 Å². The molecule has 0 amide bonds. The first-order chi connectivity index (χ1) is 36.7. The van der Waals surface area contributed by atoms with Crippen LogP contribution in [0.25, 0.3) is 88.0 Å². The third-order valence-electron chi connectivity index (χ3n) is 14.4. The highest BCUT2D eigenvalue weighted by atomic mass is 15.1. The molecule has 0 aliphatic carbocycles. The number of para-hydroxylation sites is 2. The zero-order valence-corrected chi connectivity index (χ0v) is 40.8. The van der Waals surface area contributed by atoms with E-state index >= 15 is 0 Å². The highest BCUT2D eigenvalue weighted by Crippen LogP contribution is 2.49. The quantitative estimate of drug-likeness (QED) is 0.119. The Kier molecular flexibility index (Phi) is 11.6. The molecule has 0 atom stereocenters. The maximum atomic E-state index is 2.43. The van der Waals surface area contributed by atoms with Crippen LogP contribution >= 0.6 is 0 Å². The molecule has 0 radical (unpaired) electrons. The van der Waals surface area contributed by atoms with Gasteiger partial charge in [-0.25, -0.2) is 0 Å². The van der Waals surface area contributed by atoms with E-state index in [1.54, 1.807) is 0 Å². The van der Waals surface area contributed by atoms with E-state index in [-0.39, 0.29) is 0 Å². The Bertz CT molecular complexity index is 4100. The van der Waals surface area contributed by atoms with Crippen LogP contribution in [0.1, 0.15) is 0 Å². The third-order valence-corrected chi connectivity index (χ3v) is 14.4. The number of fused-ring (bicyclic) bond motifs is 3. The molecule has 13 rings (SSSR count). The number of anilines is 6. The van der Waals surface area contributed by atoms with Gasteiger partial charge in [-0.05, 0) is 167 Å². The van der Waals surface area contributed by atoms with Gasteiger partial charge in [0.2, 0.25) is 0 Å². The zero-order chi connectivity index (χ0) is 49.2. The van der Waals surface area contributed by atoms with Crippen LogP contribution in [-0.2, 0) is 0 Å². The Morgan fingerprint density at radius 3 is 0.986 bits per heavy atom. The Hall–Kier alpha value is -9.76. The predicted molar refractivity (Wildman–Crippen MR) is 316 cm³/mol. The first-order valence-electron chi connectivity index (χ1n) is 25.4. The molecule has 0 fully saturated rings. The van der Waals surface area contributed by atoms with Crippen LogP contribution < -0.4 is 9.80 Å². The summed E-state index contributed by atoms with van der Waals surface area (Å²) in [6.45, 7) is 0. The average Bonchev–Trinajstić information content (AvgIpc) is 3.48. The van der Waals surface area contributed by atoms with E-state index in [1.807, 2.05) is 0 Å². The minimum absolute atomic E-state index is 1.07. The molecule has 0 aliphatic rings. The SMILES string of the molecule is c1ccc(-c2ccc(-c3c4ccc(N(c5ccccc5)c5cccc(-c6ccccc6)c5)cc4c(-c4ccc5ccccc5c4)c4ccc(N(c5ccccc5)c5cccc(-c6ccccc6)c5)cc34)cc2)cc1. The standard InChI is InChI=1S/C72H50N2/c1-6-20-51(21-7-1)55-36-39-56(40-37-55)71-67-44-42-66(74(62-32-14-5-15-33-62)64-35-19-29-59(48-64)53-24-10-3-11-25-53)50-70(67)72(60-41-38-54-26-16-17-27-57(54)46-60)68-45-43-65(49-69(68)71)73(61-30-12-4-13-31-61)63-34-18-28-58(47-63)52-22-8-2-9-23-52/h1-50H. The zero-order valence-electron chi connectivity index (χ0n) is 40.8. The Morgan fingerprint density at radius 2 is 0.500 bits per heavy atom. The number of benzene rings is 13. The second-order valence-corrected chi connectivity index (χ2v) is 18.9. The lowest BCUT2D eigenvalue weighted by Crippen LogP contribution is -2.10. The molecule has 2 heteroatoms. The summed E-state index contributed by atoms with van der Waals surface area (Å²) in [5.74, 6) is 0. The summed E-state index contributed by atoms with van der Waals surface area (Å²) in [5.41, 5.74) is 18.3. The van der Waals surface area contributed by atoms with Crippen molar-refractivity contribution < 1.29 is 0 Å². The number of hydrogen-bond donors (Lipinski definition) is 0. The van der Waals surface area contributed by atoms with Gasteiger partial charge in [0.25, 0.3) is 0 Å². The van der Waals surface area contributed by atoms with Gasteiger partial charge in [-0.15, -0.1) is 0 Å². The fraction of sp³-hybridized carbons (Fsp3) is 0. The molecular formula is C72H50N2. The van der Waals surface area contributed by atoms with Crippen LogP contribution in [-0.4, -0.2) is 0 Å². The lowest BCUT2D eigenvalue weighted by Gasteiger charge is -2.28. The van der Waals surface area contributed by atoms with Crippen LogP contribution in [0.15, 0.2) is 303 Å². The van der Waals surface area contributed by atoms with Crippen molar-refractivity contribution in [3.8, 4) is 55.6 Å². The smallest absolute Gasteiger partial charge is 0.0468 e. The largest absolute Gasteiger partial charge is 0.310 e. The van der Waals surface area contributed by atoms with E-state index in [2.05, 4.69) is 313 Å². The predicted octanol–water partition coefficient (Wildman–Crippen LogP) is 20.4. The molecule has 0 heterocycles. The first-order valence-corrected chi connectivity index (χ1v) is 25.4. The number of rotatable bonds is 11. The average molecular weight is 943 g/mol. The summed E-state index contributed by atoms with van der Waals surface area (Å²) in [6.07, 6.45) is 0. The summed E-state index contributed by atoms with van der Waals surface area (Å²) in [7, 11) is 0. The van der Waals surface area contributed by atoms with Gasteiger partial charge in [0.1, 0.15) is 0 Å². The monoisotopic (exact) mass is 942 g/mol. The highest BCUT2D eigenvalue weighted by molar-refractivity contribution is 6.23. The topological polar surface area (TPSA) is 6.48 Å². The molecule has 0 spiro atoms. The Balaban J connectivity index is 1.10. The molecule has 0 saturated heterocycles. The molecule has 0 aliphatic heterocycles. The van der Waals surface area contributed by atoms with Gasteiger partial charge < -0.3 is 9.80 Å². The van der Waals surface area contributed by atoms with E-state index < -0.39 is 0 Å². The Labute approximate surface area is 433 Å². The first kappa shape index (κ1) is 44.2. The molecule has 2 nitrogen and oxygen atoms in total. The van der Waals surface area contributed by atoms with Crippen LogP contribution in [0.4, 0.5) is 34.1 Å². The van der Waals surface area contributed by atoms with Gasteiger partial charge in [0, 0.05) is 34.1 Å². The van der Waals surface area contributed by atoms with Crippen molar-refractivity contribution in [2.75, 3.05) is 9.80 Å². The fourth-order valence-corrected chi connectivity index (χ4v) is 10.9. The molecule has 0 unspecified atom stereocenters. The maximum Gasteiger partial charge on any atom is 0.0468 e. The molecule has 0 N–H and O–H groups in total. The van der Waals surface area contributed by atoms with Gasteiger partial charge in [-0.2, -0.15) is 0 Å². The molecule has 13 aromatic rings. The number of hydrogen-bond acceptors (Lipinski definition) is 2. The molecule has 0 bridgehead atoms. The van der Waals surface area contributed by atoms with Crippen molar-refractivity contribution in [1.29, 1.82) is 0 Å². The summed E-state index contributed by atoms with van der Waals surface area (Å²) >= 11 is 0. The van der Waals surface area contributed by atoms with Crippen molar-refractivity contribution >= 4 is 66.4 Å². The van der Waals surface area contributed by atoms with Crippen molar-refractivity contribution in [1.82, 2.24) is 0 Å². The van der Waals surface area contributed by atoms with Gasteiger partial charge in [-0.3, -0.25) is 0 Å². The van der Waals surface area contributed by atoms with Crippen molar-refractivity contribution in [3.63, 3.8) is 0 Å². The minimum Gasteiger partial charge on any atom is -0.310 e. The summed E-state index contributed by atoms with van der Waals surface area (Å²) in [6, 6.07) is 110. The lowest BCUT2D eigenvalue weighted by atomic mass is 9.84. The van der Waals surface area contributed by atoms with E-state index in [1.165, 1.54) is 82.4 Å². The molecular weight excluding hydrogens is 893 g/mol. The van der Waals surface area contributed by atoms with Gasteiger partial charge in [0.15, 0.2) is 0 Å². The Morgan fingerprint density at radius 1 is 0.162 bits per heavy atom. The minimum atomic E-state index is 1.07. The van der Waals surface area contributed by atoms with Crippen LogP contribution in [0.5, 0.6) is 0 Å². The van der Waals surface area contributed by atoms with Crippen molar-refractivity contribution in [3.05, 3.63) is 303 Å². The van der Waals surface area contributed by atoms with Crippen LogP contribution in [0.3, 0.4) is 0 Å². The summed E-state index contributed by atoms with van der Waals surface area (Å²) in [4.78, 5) is 4.80. The molecule has 0 aromatic heterocycles. The van der Waals surface area contributed by atoms with Crippen molar-refractivity contribution in [2.24, 2.45) is 0 Å². The van der Waals surface area contributed by atoms with Gasteiger partial charge >= 0.3 is 0 Å². The maximum absolute atomic E-state index is 2.43. The second-order valence-electron chi connectivity index (χ2n) is 18.9. The van der Waals surface area contributed by atoms with Crippen molar-refractivity contribution in [2.45, 2.75) is 0 Å². The second kappa shape index (κ2) is 19.4. The fourth-order valence-electron chi connectivity index (χ4n) is 10.9. The van der Waals surface area contributed by atoms with E-state index in [4.69, 9.17) is 0 Å². The normalized spacial score (nSPS) is 11.2. The molecule has 0 saturated carbocycles. The van der Waals surface area contributed by atoms with E-state index in [0.717, 1.165) is 39.7 Å². The molecule has 74 heavy (non-hydrogen) atoms. The van der Waals surface area contributed by atoms with Crippen LogP contribution in [0, 0.1) is 0 Å². The summed E-state index contributed by atoms with van der Waals surface area (Å²) in [5, 5.41) is 7.13. The van der Waals surface area contributed by atoms with E-state index in [9.17, 15) is 0 Å². The molecule has 348 valence electrons. The summed E-state index contributed by atoms with van der Waals surface area (Å²) < 4.78 is 0. The van der Waals surface area contributed by atoms with Gasteiger partial charge in [0.05, 0.1) is 0 Å². The number of nitrogens with zero attached hydrogens (tertiary/aromatic N) is 2. The van der Waals surface area contributed by atoms with Gasteiger partial charge in [-0.1, -0.05) is 224 Å². The highest BCUT2D eigenvalue weighted by Gasteiger charge is 2.23. The lowest BCUT2D eigenvalue weighted by molar-refractivity contribution is 1.29.